The number of rotatable bonds is 17. The van der Waals surface area contributed by atoms with Gasteiger partial charge in [0.05, 0.1) is 14.8 Å². The van der Waals surface area contributed by atoms with Crippen molar-refractivity contribution in [1.29, 1.82) is 0 Å². The SMILES string of the molecule is O=C(NCCCCC1=C(C(=O)OCc2ccc([N+](=O)[O-])cc2)N2C(=O)[C@@H](COC(=O)OCc3ccc([N+](=O)[O-])cc3)[C@H]2S1)OCc1ccc([N+](=O)[O-])cc1. The molecular formula is C34H31N5O14S. The zero-order valence-corrected chi connectivity index (χ0v) is 29.0. The molecule has 19 nitrogen and oxygen atoms in total. The van der Waals surface area contributed by atoms with Crippen molar-refractivity contribution in [1.82, 2.24) is 10.2 Å². The molecule has 2 atom stereocenters. The van der Waals surface area contributed by atoms with Crippen LogP contribution in [0.3, 0.4) is 0 Å². The van der Waals surface area contributed by atoms with Gasteiger partial charge in [0.25, 0.3) is 17.1 Å². The number of non-ortho nitro benzene ring substituents is 3. The van der Waals surface area contributed by atoms with Crippen molar-refractivity contribution >= 4 is 52.9 Å². The average Bonchev–Trinajstić information content (AvgIpc) is 3.50. The molecule has 20 heteroatoms. The van der Waals surface area contributed by atoms with Gasteiger partial charge in [-0.3, -0.25) is 40.0 Å². The molecule has 0 aromatic heterocycles. The maximum atomic E-state index is 13.4. The van der Waals surface area contributed by atoms with Gasteiger partial charge in [-0.05, 0) is 72.4 Å². The first-order valence-corrected chi connectivity index (χ1v) is 17.1. The van der Waals surface area contributed by atoms with Gasteiger partial charge in [0.2, 0.25) is 5.91 Å². The lowest BCUT2D eigenvalue weighted by molar-refractivity contribution is -0.385. The molecule has 1 saturated heterocycles. The predicted molar refractivity (Wildman–Crippen MR) is 186 cm³/mol. The predicted octanol–water partition coefficient (Wildman–Crippen LogP) is 5.65. The minimum absolute atomic E-state index is 0.0318. The number of ether oxygens (including phenoxy) is 4. The van der Waals surface area contributed by atoms with Gasteiger partial charge in [-0.2, -0.15) is 0 Å². The number of esters is 1. The number of nitrogens with zero attached hydrogens (tertiary/aromatic N) is 4. The lowest BCUT2D eigenvalue weighted by atomic mass is 9.98. The highest BCUT2D eigenvalue weighted by molar-refractivity contribution is 8.04. The molecule has 0 bridgehead atoms. The lowest BCUT2D eigenvalue weighted by Gasteiger charge is -2.41. The zero-order chi connectivity index (χ0) is 38.8. The fraction of sp³-hybridized carbons (Fsp3) is 0.294. The molecule has 1 fully saturated rings. The molecule has 54 heavy (non-hydrogen) atoms. The Hall–Kier alpha value is -6.57. The van der Waals surface area contributed by atoms with E-state index in [1.165, 1.54) is 89.5 Å². The van der Waals surface area contributed by atoms with Crippen LogP contribution >= 0.6 is 11.8 Å². The summed E-state index contributed by atoms with van der Waals surface area (Å²) in [5, 5.41) is 34.6. The van der Waals surface area contributed by atoms with Crippen molar-refractivity contribution in [2.75, 3.05) is 13.2 Å². The number of alkyl carbamates (subject to hydrolysis) is 1. The fourth-order valence-corrected chi connectivity index (χ4v) is 6.80. The monoisotopic (exact) mass is 765 g/mol. The molecule has 0 saturated carbocycles. The van der Waals surface area contributed by atoms with Crippen molar-refractivity contribution < 1.29 is 52.9 Å². The summed E-state index contributed by atoms with van der Waals surface area (Å²) in [5.41, 5.74) is 1.22. The highest BCUT2D eigenvalue weighted by Gasteiger charge is 2.56. The van der Waals surface area contributed by atoms with Crippen LogP contribution in [0.5, 0.6) is 0 Å². The van der Waals surface area contributed by atoms with Crippen LogP contribution in [0.2, 0.25) is 0 Å². The number of hydrogen-bond donors (Lipinski definition) is 1. The van der Waals surface area contributed by atoms with Crippen molar-refractivity contribution in [3.8, 4) is 0 Å². The Kier molecular flexibility index (Phi) is 12.7. The molecule has 2 aliphatic rings. The highest BCUT2D eigenvalue weighted by atomic mass is 32.2. The molecular weight excluding hydrogens is 734 g/mol. The molecule has 1 N–H and O–H groups in total. The topological polar surface area (TPSA) is 250 Å². The molecule has 282 valence electrons. The number of nitro groups is 3. The number of fused-ring (bicyclic) bond motifs is 1. The van der Waals surface area contributed by atoms with Crippen molar-refractivity contribution in [2.45, 2.75) is 44.5 Å². The Labute approximate surface area is 309 Å². The van der Waals surface area contributed by atoms with Crippen LogP contribution < -0.4 is 5.32 Å². The summed E-state index contributed by atoms with van der Waals surface area (Å²) in [7, 11) is 0. The minimum Gasteiger partial charge on any atom is -0.456 e. The van der Waals surface area contributed by atoms with E-state index in [1.807, 2.05) is 0 Å². The summed E-state index contributed by atoms with van der Waals surface area (Å²) in [4.78, 5) is 83.8. The summed E-state index contributed by atoms with van der Waals surface area (Å²) < 4.78 is 20.9. The van der Waals surface area contributed by atoms with E-state index in [1.54, 1.807) is 0 Å². The number of nitrogens with one attached hydrogen (secondary N) is 1. The summed E-state index contributed by atoms with van der Waals surface area (Å²) in [6, 6.07) is 16.4. The summed E-state index contributed by atoms with van der Waals surface area (Å²) in [6.45, 7) is -0.642. The Morgan fingerprint density at radius 1 is 0.685 bits per heavy atom. The van der Waals surface area contributed by atoms with Gasteiger partial charge in [0.1, 0.15) is 43.4 Å². The van der Waals surface area contributed by atoms with Gasteiger partial charge < -0.3 is 24.3 Å². The largest absolute Gasteiger partial charge is 0.508 e. The van der Waals surface area contributed by atoms with Gasteiger partial charge >= 0.3 is 18.2 Å². The maximum Gasteiger partial charge on any atom is 0.508 e. The maximum absolute atomic E-state index is 13.4. The number of carbonyl (C=O) groups excluding carboxylic acids is 4. The Balaban J connectivity index is 1.13. The molecule has 2 amide bonds. The van der Waals surface area contributed by atoms with Gasteiger partial charge in [-0.25, -0.2) is 14.4 Å². The summed E-state index contributed by atoms with van der Waals surface area (Å²) in [5.74, 6) is -2.07. The molecule has 3 aromatic rings. The van der Waals surface area contributed by atoms with E-state index in [4.69, 9.17) is 18.9 Å². The molecule has 0 unspecified atom stereocenters. The van der Waals surface area contributed by atoms with Crippen LogP contribution in [0.1, 0.15) is 36.0 Å². The lowest BCUT2D eigenvalue weighted by Crippen LogP contribution is -2.59. The standard InChI is InChI=1S/C34H31N5O14S/c40-30-27(20-53-34(43)52-19-23-8-14-26(15-9-23)39(48)49)31-36(30)29(32(41)50-17-21-4-10-24(11-5-21)37(44)45)28(54-31)3-1-2-16-35-33(42)51-18-22-6-12-25(13-7-22)38(46)47/h4-15,27,31H,1-3,16-20H2,(H,35,42)/t27-,31-/m1/s1. The van der Waals surface area contributed by atoms with E-state index in [-0.39, 0.29) is 55.7 Å². The molecule has 0 aliphatic carbocycles. The van der Waals surface area contributed by atoms with E-state index < -0.39 is 50.2 Å². The third kappa shape index (κ3) is 9.85. The zero-order valence-electron chi connectivity index (χ0n) is 28.2. The van der Waals surface area contributed by atoms with Crippen LogP contribution in [0.25, 0.3) is 0 Å². The molecule has 5 rings (SSSR count). The van der Waals surface area contributed by atoms with Gasteiger partial charge in [0.15, 0.2) is 0 Å². The quantitative estimate of drug-likeness (QED) is 0.0435. The third-order valence-electron chi connectivity index (χ3n) is 8.13. The second-order valence-electron chi connectivity index (χ2n) is 11.8. The number of allylic oxidation sites excluding steroid dienone is 1. The summed E-state index contributed by atoms with van der Waals surface area (Å²) >= 11 is 1.24. The number of β-lactam (4-membered cyclic amide) rings is 1. The Bertz CT molecular complexity index is 1950. The van der Waals surface area contributed by atoms with Crippen molar-refractivity contribution in [3.63, 3.8) is 0 Å². The number of unbranched alkanes of at least 4 members (excludes halogenated alkanes) is 1. The smallest absolute Gasteiger partial charge is 0.456 e. The fourth-order valence-electron chi connectivity index (χ4n) is 5.28. The number of hydrogen-bond acceptors (Lipinski definition) is 15. The molecule has 2 aliphatic heterocycles. The van der Waals surface area contributed by atoms with Crippen LogP contribution in [0.4, 0.5) is 26.7 Å². The third-order valence-corrected chi connectivity index (χ3v) is 9.60. The van der Waals surface area contributed by atoms with Gasteiger partial charge in [0, 0.05) is 47.8 Å². The average molecular weight is 766 g/mol. The van der Waals surface area contributed by atoms with Crippen LogP contribution in [-0.4, -0.2) is 62.3 Å². The number of amides is 2. The van der Waals surface area contributed by atoms with E-state index in [9.17, 15) is 49.5 Å². The van der Waals surface area contributed by atoms with E-state index in [0.29, 0.717) is 40.9 Å². The first kappa shape index (κ1) is 38.7. The van der Waals surface area contributed by atoms with E-state index in [2.05, 4.69) is 5.32 Å². The minimum atomic E-state index is -1.06. The van der Waals surface area contributed by atoms with Crippen molar-refractivity contribution in [2.24, 2.45) is 5.92 Å². The van der Waals surface area contributed by atoms with E-state index in [0.717, 1.165) is 0 Å². The van der Waals surface area contributed by atoms with Crippen LogP contribution in [0.15, 0.2) is 83.4 Å². The van der Waals surface area contributed by atoms with Crippen LogP contribution in [-0.2, 0) is 48.4 Å². The molecule has 2 heterocycles. The van der Waals surface area contributed by atoms with Gasteiger partial charge in [-0.1, -0.05) is 0 Å². The first-order valence-electron chi connectivity index (χ1n) is 16.2. The van der Waals surface area contributed by atoms with E-state index >= 15 is 0 Å². The second kappa shape index (κ2) is 17.8. The normalized spacial score (nSPS) is 15.8. The number of thioether (sulfide) groups is 1. The van der Waals surface area contributed by atoms with Gasteiger partial charge in [-0.15, -0.1) is 11.8 Å². The Morgan fingerprint density at radius 2 is 1.17 bits per heavy atom. The Morgan fingerprint density at radius 3 is 1.67 bits per heavy atom. The first-order chi connectivity index (χ1) is 25.9. The molecule has 3 aromatic carbocycles. The number of benzene rings is 3. The summed E-state index contributed by atoms with van der Waals surface area (Å²) in [6.07, 6.45) is -0.473. The molecule has 0 radical (unpaired) electrons. The molecule has 0 spiro atoms. The van der Waals surface area contributed by atoms with Crippen LogP contribution in [0, 0.1) is 36.3 Å². The van der Waals surface area contributed by atoms with Crippen molar-refractivity contribution in [3.05, 3.63) is 130 Å². The number of carbonyl (C=O) groups is 4. The highest BCUT2D eigenvalue weighted by Crippen LogP contribution is 2.51. The number of nitro benzene ring substituents is 3. The second-order valence-corrected chi connectivity index (χ2v) is 13.0.